The topological polar surface area (TPSA) is 6.48 Å². The molecular formula is C9H22N2Si. The van der Waals surface area contributed by atoms with Crippen molar-refractivity contribution in [1.29, 1.82) is 0 Å². The monoisotopic (exact) mass is 186 g/mol. The predicted octanol–water partition coefficient (Wildman–Crippen LogP) is 1.16. The first kappa shape index (κ1) is 10.2. The molecule has 1 rings (SSSR count). The van der Waals surface area contributed by atoms with E-state index in [1.807, 2.05) is 0 Å². The van der Waals surface area contributed by atoms with Crippen molar-refractivity contribution in [3.05, 3.63) is 0 Å². The van der Waals surface area contributed by atoms with Crippen molar-refractivity contribution in [3.8, 4) is 0 Å². The second-order valence-electron chi connectivity index (χ2n) is 3.63. The Morgan fingerprint density at radius 2 is 1.83 bits per heavy atom. The van der Waals surface area contributed by atoms with Gasteiger partial charge in [-0.3, -0.25) is 0 Å². The molecule has 2 nitrogen and oxygen atoms in total. The second kappa shape index (κ2) is 4.99. The Morgan fingerprint density at radius 3 is 2.33 bits per heavy atom. The van der Waals surface area contributed by atoms with Gasteiger partial charge in [0.25, 0.3) is 0 Å². The summed E-state index contributed by atoms with van der Waals surface area (Å²) in [5.74, 6) is 0. The maximum absolute atomic E-state index is 2.73. The van der Waals surface area contributed by atoms with Gasteiger partial charge in [-0.1, -0.05) is 27.2 Å². The number of hydrogen-bond acceptors (Lipinski definition) is 2. The van der Waals surface area contributed by atoms with Crippen LogP contribution >= 0.6 is 0 Å². The fourth-order valence-corrected chi connectivity index (χ4v) is 4.02. The van der Waals surface area contributed by atoms with E-state index in [2.05, 4.69) is 29.9 Å². The van der Waals surface area contributed by atoms with E-state index in [4.69, 9.17) is 0 Å². The minimum atomic E-state index is 0.0208. The summed E-state index contributed by atoms with van der Waals surface area (Å²) < 4.78 is 5.42. The van der Waals surface area contributed by atoms with Gasteiger partial charge in [0.05, 0.1) is 6.17 Å². The quantitative estimate of drug-likeness (QED) is 0.595. The Hall–Kier alpha value is 0.137. The fourth-order valence-electron chi connectivity index (χ4n) is 2.00. The van der Waals surface area contributed by atoms with Crippen LogP contribution in [0.1, 0.15) is 40.0 Å². The molecule has 0 aliphatic carbocycles. The van der Waals surface area contributed by atoms with E-state index in [0.717, 1.165) is 6.17 Å². The van der Waals surface area contributed by atoms with E-state index in [1.54, 1.807) is 0 Å². The minimum absolute atomic E-state index is 0.0208. The van der Waals surface area contributed by atoms with Crippen LogP contribution in [0.4, 0.5) is 0 Å². The maximum atomic E-state index is 2.73. The van der Waals surface area contributed by atoms with E-state index in [-0.39, 0.29) is 9.84 Å². The molecule has 3 heteroatoms. The maximum Gasteiger partial charge on any atom is 0.175 e. The third-order valence-corrected chi connectivity index (χ3v) is 5.00. The van der Waals surface area contributed by atoms with E-state index in [0.29, 0.717) is 0 Å². The van der Waals surface area contributed by atoms with Crippen LogP contribution in [0.25, 0.3) is 0 Å². The molecule has 12 heavy (non-hydrogen) atoms. The van der Waals surface area contributed by atoms with Gasteiger partial charge in [0, 0.05) is 0 Å². The van der Waals surface area contributed by atoms with E-state index < -0.39 is 0 Å². The third-order valence-electron chi connectivity index (χ3n) is 2.67. The van der Waals surface area contributed by atoms with Gasteiger partial charge in [0.1, 0.15) is 0 Å². The van der Waals surface area contributed by atoms with Crippen molar-refractivity contribution in [2.45, 2.75) is 46.2 Å². The fraction of sp³-hybridized carbons (Fsp3) is 1.00. The van der Waals surface area contributed by atoms with Crippen molar-refractivity contribution in [3.63, 3.8) is 0 Å². The normalized spacial score (nSPS) is 27.8. The number of rotatable bonds is 5. The summed E-state index contributed by atoms with van der Waals surface area (Å²) in [5.41, 5.74) is 0. The zero-order valence-corrected chi connectivity index (χ0v) is 10.1. The zero-order valence-electron chi connectivity index (χ0n) is 8.71. The highest BCUT2D eigenvalue weighted by molar-refractivity contribution is 6.32. The molecule has 0 aromatic heterocycles. The molecule has 72 valence electrons. The molecule has 1 heterocycles. The predicted molar refractivity (Wildman–Crippen MR) is 56.6 cm³/mol. The highest BCUT2D eigenvalue weighted by atomic mass is 28.2. The van der Waals surface area contributed by atoms with Crippen molar-refractivity contribution < 1.29 is 0 Å². The molecular weight excluding hydrogens is 164 g/mol. The van der Waals surface area contributed by atoms with Crippen LogP contribution in [0.5, 0.6) is 0 Å². The van der Waals surface area contributed by atoms with Crippen LogP contribution in [0.15, 0.2) is 0 Å². The van der Waals surface area contributed by atoms with Gasteiger partial charge in [-0.15, -0.1) is 0 Å². The van der Waals surface area contributed by atoms with Crippen molar-refractivity contribution in [1.82, 2.24) is 9.13 Å². The first-order valence-electron chi connectivity index (χ1n) is 5.31. The molecule has 1 fully saturated rings. The third kappa shape index (κ3) is 2.09. The molecule has 0 aromatic rings. The van der Waals surface area contributed by atoms with Crippen molar-refractivity contribution >= 4 is 9.84 Å². The average Bonchev–Trinajstić information content (AvgIpc) is 2.07. The first-order valence-corrected chi connectivity index (χ1v) is 6.58. The summed E-state index contributed by atoms with van der Waals surface area (Å²) in [6.45, 7) is 9.48. The van der Waals surface area contributed by atoms with Crippen LogP contribution in [0.3, 0.4) is 0 Å². The molecule has 0 radical (unpaired) electrons. The summed E-state index contributed by atoms with van der Waals surface area (Å²) >= 11 is 0. The molecule has 0 spiro atoms. The average molecular weight is 186 g/mol. The smallest absolute Gasteiger partial charge is 0.175 e. The summed E-state index contributed by atoms with van der Waals surface area (Å²) in [6.07, 6.45) is 4.85. The van der Waals surface area contributed by atoms with E-state index in [1.165, 1.54) is 32.4 Å². The SMILES string of the molecule is CCCC1N(CC)[SiH2]N1CCC. The molecule has 1 atom stereocenters. The van der Waals surface area contributed by atoms with E-state index >= 15 is 0 Å². The Bertz CT molecular complexity index is 130. The van der Waals surface area contributed by atoms with Crippen molar-refractivity contribution in [2.75, 3.05) is 13.1 Å². The summed E-state index contributed by atoms with van der Waals surface area (Å²) in [7, 11) is 0.0208. The van der Waals surface area contributed by atoms with Gasteiger partial charge in [-0.25, -0.2) is 0 Å². The Labute approximate surface area is 78.9 Å². The Kier molecular flexibility index (Phi) is 4.25. The van der Waals surface area contributed by atoms with Crippen LogP contribution in [0.2, 0.25) is 0 Å². The molecule has 0 bridgehead atoms. The van der Waals surface area contributed by atoms with Gasteiger partial charge >= 0.3 is 0 Å². The summed E-state index contributed by atoms with van der Waals surface area (Å²) in [4.78, 5) is 0. The molecule has 0 N–H and O–H groups in total. The highest BCUT2D eigenvalue weighted by Gasteiger charge is 2.33. The highest BCUT2D eigenvalue weighted by Crippen LogP contribution is 2.20. The molecule has 0 amide bonds. The van der Waals surface area contributed by atoms with Crippen LogP contribution in [-0.4, -0.2) is 38.2 Å². The molecule has 0 aromatic carbocycles. The zero-order chi connectivity index (χ0) is 8.97. The van der Waals surface area contributed by atoms with E-state index in [9.17, 15) is 0 Å². The molecule has 1 aliphatic rings. The lowest BCUT2D eigenvalue weighted by Gasteiger charge is -2.51. The number of hydrogen-bond donors (Lipinski definition) is 0. The van der Waals surface area contributed by atoms with Gasteiger partial charge in [-0.2, -0.15) is 0 Å². The lowest BCUT2D eigenvalue weighted by atomic mass is 10.2. The number of nitrogens with zero attached hydrogens (tertiary/aromatic N) is 2. The largest absolute Gasteiger partial charge is 0.302 e. The summed E-state index contributed by atoms with van der Waals surface area (Å²) in [6, 6.07) is 0. The van der Waals surface area contributed by atoms with Crippen LogP contribution in [-0.2, 0) is 0 Å². The lowest BCUT2D eigenvalue weighted by molar-refractivity contribution is 0.0903. The molecule has 1 unspecified atom stereocenters. The molecule has 0 saturated carbocycles. The van der Waals surface area contributed by atoms with Crippen LogP contribution < -0.4 is 0 Å². The van der Waals surface area contributed by atoms with Gasteiger partial charge in [-0.05, 0) is 25.9 Å². The van der Waals surface area contributed by atoms with Crippen LogP contribution in [0, 0.1) is 0 Å². The molecule has 1 saturated heterocycles. The standard InChI is InChI=1S/C9H22N2Si/c1-4-7-9-10(6-3)12-11(9)8-5-2/h9H,4-8,12H2,1-3H3. The first-order chi connectivity index (χ1) is 5.83. The lowest BCUT2D eigenvalue weighted by Crippen LogP contribution is -2.66. The van der Waals surface area contributed by atoms with Gasteiger partial charge < -0.3 is 9.13 Å². The second-order valence-corrected chi connectivity index (χ2v) is 5.54. The Balaban J connectivity index is 2.28. The van der Waals surface area contributed by atoms with Crippen molar-refractivity contribution in [2.24, 2.45) is 0 Å². The summed E-state index contributed by atoms with van der Waals surface area (Å²) in [5, 5.41) is 0. The molecule has 1 aliphatic heterocycles. The van der Waals surface area contributed by atoms with Gasteiger partial charge in [0.15, 0.2) is 9.84 Å². The minimum Gasteiger partial charge on any atom is -0.302 e. The Morgan fingerprint density at radius 1 is 1.08 bits per heavy atom. The van der Waals surface area contributed by atoms with Gasteiger partial charge in [0.2, 0.25) is 0 Å².